The Morgan fingerprint density at radius 2 is 2.10 bits per heavy atom. The Kier molecular flexibility index (Phi) is 4.94. The third-order valence-electron chi connectivity index (χ3n) is 4.11. The summed E-state index contributed by atoms with van der Waals surface area (Å²) in [5.74, 6) is -0.471. The monoisotopic (exact) mass is 288 g/mol. The zero-order chi connectivity index (χ0) is 15.4. The molecule has 0 spiro atoms. The number of rotatable bonds is 4. The van der Waals surface area contributed by atoms with Crippen molar-refractivity contribution >= 4 is 5.97 Å². The second-order valence-corrected chi connectivity index (χ2v) is 5.55. The summed E-state index contributed by atoms with van der Waals surface area (Å²) in [5, 5.41) is 18.9. The number of methoxy groups -OCH3 is 1. The molecule has 0 aromatic heterocycles. The summed E-state index contributed by atoms with van der Waals surface area (Å²) in [5.41, 5.74) is 1.71. The number of carbonyl (C=O) groups excluding carboxylic acids is 1. The molecule has 1 saturated carbocycles. The zero-order valence-electron chi connectivity index (χ0n) is 12.3. The van der Waals surface area contributed by atoms with E-state index >= 15 is 0 Å². The van der Waals surface area contributed by atoms with Crippen LogP contribution in [0.2, 0.25) is 0 Å². The number of ether oxygens (including phenoxy) is 1. The van der Waals surface area contributed by atoms with Gasteiger partial charge in [0.25, 0.3) is 0 Å². The fraction of sp³-hybridized carbons (Fsp3) is 0.500. The van der Waals surface area contributed by atoms with Crippen LogP contribution < -0.4 is 0 Å². The summed E-state index contributed by atoms with van der Waals surface area (Å²) < 4.78 is 4.76. The van der Waals surface area contributed by atoms with E-state index in [1.807, 2.05) is 19.2 Å². The first-order chi connectivity index (χ1) is 10.0. The lowest BCUT2D eigenvalue weighted by atomic mass is 10.1. The Balaban J connectivity index is 1.98. The van der Waals surface area contributed by atoms with E-state index in [1.165, 1.54) is 7.11 Å². The molecule has 0 aliphatic heterocycles. The Bertz CT molecular complexity index is 535. The molecule has 2 rings (SSSR count). The van der Waals surface area contributed by atoms with Crippen LogP contribution in [0.4, 0.5) is 0 Å². The van der Waals surface area contributed by atoms with Crippen LogP contribution in [-0.2, 0) is 16.1 Å². The van der Waals surface area contributed by atoms with Gasteiger partial charge in [0.1, 0.15) is 0 Å². The second-order valence-electron chi connectivity index (χ2n) is 5.55. The molecular weight excluding hydrogens is 268 g/mol. The third kappa shape index (κ3) is 3.60. The van der Waals surface area contributed by atoms with Crippen LogP contribution in [0.15, 0.2) is 24.3 Å². The normalized spacial score (nSPS) is 24.8. The van der Waals surface area contributed by atoms with E-state index in [0.717, 1.165) is 5.56 Å². The molecule has 0 amide bonds. The number of likely N-dealkylation sites (N-methyl/N-ethyl adjacent to an activating group) is 1. The number of carbonyl (C=O) groups is 1. The molecule has 1 aromatic carbocycles. The predicted molar refractivity (Wildman–Crippen MR) is 77.2 cm³/mol. The summed E-state index contributed by atoms with van der Waals surface area (Å²) in [7, 11) is 3.31. The van der Waals surface area contributed by atoms with Gasteiger partial charge < -0.3 is 9.84 Å². The van der Waals surface area contributed by atoms with E-state index in [2.05, 4.69) is 11.0 Å². The summed E-state index contributed by atoms with van der Waals surface area (Å²) in [4.78, 5) is 13.6. The number of hydrogen-bond acceptors (Lipinski definition) is 5. The topological polar surface area (TPSA) is 73.6 Å². The summed E-state index contributed by atoms with van der Waals surface area (Å²) in [6.07, 6.45) is 0.549. The van der Waals surface area contributed by atoms with Gasteiger partial charge >= 0.3 is 5.97 Å². The van der Waals surface area contributed by atoms with Gasteiger partial charge in [0.15, 0.2) is 0 Å². The fourth-order valence-corrected chi connectivity index (χ4v) is 2.92. The van der Waals surface area contributed by atoms with Crippen LogP contribution in [0.3, 0.4) is 0 Å². The quantitative estimate of drug-likeness (QED) is 0.845. The first-order valence-corrected chi connectivity index (χ1v) is 7.00. The van der Waals surface area contributed by atoms with Crippen molar-refractivity contribution in [2.75, 3.05) is 14.2 Å². The maximum absolute atomic E-state index is 11.6. The number of nitriles is 1. The third-order valence-corrected chi connectivity index (χ3v) is 4.11. The SMILES string of the molecule is COC(=O)[C@@H]1C[C@@H](O)[C@@H](N(C)Cc2ccc(C#N)cc2)C1. The van der Waals surface area contributed by atoms with Gasteiger partial charge in [-0.1, -0.05) is 12.1 Å². The van der Waals surface area contributed by atoms with Crippen molar-refractivity contribution in [3.63, 3.8) is 0 Å². The fourth-order valence-electron chi connectivity index (χ4n) is 2.92. The molecule has 0 heterocycles. The lowest BCUT2D eigenvalue weighted by molar-refractivity contribution is -0.145. The average molecular weight is 288 g/mol. The Morgan fingerprint density at radius 1 is 1.43 bits per heavy atom. The molecule has 5 nitrogen and oxygen atoms in total. The van der Waals surface area contributed by atoms with Crippen LogP contribution >= 0.6 is 0 Å². The molecule has 0 bridgehead atoms. The maximum atomic E-state index is 11.6. The molecular formula is C16H20N2O3. The minimum Gasteiger partial charge on any atom is -0.469 e. The van der Waals surface area contributed by atoms with E-state index in [4.69, 9.17) is 10.00 Å². The van der Waals surface area contributed by atoms with Gasteiger partial charge in [0.2, 0.25) is 0 Å². The average Bonchev–Trinajstić information content (AvgIpc) is 2.89. The van der Waals surface area contributed by atoms with Crippen LogP contribution in [0, 0.1) is 17.2 Å². The van der Waals surface area contributed by atoms with E-state index in [1.54, 1.807) is 12.1 Å². The molecule has 112 valence electrons. The van der Waals surface area contributed by atoms with Gasteiger partial charge in [-0.25, -0.2) is 0 Å². The van der Waals surface area contributed by atoms with Gasteiger partial charge in [-0.05, 0) is 37.6 Å². The lowest BCUT2D eigenvalue weighted by Crippen LogP contribution is -2.37. The van der Waals surface area contributed by atoms with Gasteiger partial charge in [-0.3, -0.25) is 9.69 Å². The van der Waals surface area contributed by atoms with Crippen LogP contribution in [0.1, 0.15) is 24.0 Å². The highest BCUT2D eigenvalue weighted by Crippen LogP contribution is 2.30. The van der Waals surface area contributed by atoms with Gasteiger partial charge in [-0.2, -0.15) is 5.26 Å². The first kappa shape index (κ1) is 15.5. The Morgan fingerprint density at radius 3 is 2.67 bits per heavy atom. The summed E-state index contributed by atoms with van der Waals surface area (Å²) in [6, 6.07) is 9.43. The van der Waals surface area contributed by atoms with Crippen LogP contribution in [0.25, 0.3) is 0 Å². The van der Waals surface area contributed by atoms with E-state index in [0.29, 0.717) is 24.9 Å². The van der Waals surface area contributed by atoms with Crippen molar-refractivity contribution in [3.05, 3.63) is 35.4 Å². The number of esters is 1. The minimum absolute atomic E-state index is 0.0512. The molecule has 1 aromatic rings. The molecule has 21 heavy (non-hydrogen) atoms. The van der Waals surface area contributed by atoms with Crippen LogP contribution in [-0.4, -0.2) is 42.3 Å². The molecule has 3 atom stereocenters. The molecule has 0 saturated heterocycles. The van der Waals surface area contributed by atoms with Gasteiger partial charge in [0, 0.05) is 12.6 Å². The van der Waals surface area contributed by atoms with Crippen molar-refractivity contribution in [1.29, 1.82) is 5.26 Å². The van der Waals surface area contributed by atoms with Crippen LogP contribution in [0.5, 0.6) is 0 Å². The largest absolute Gasteiger partial charge is 0.469 e. The van der Waals surface area contributed by atoms with Crippen molar-refractivity contribution in [2.24, 2.45) is 5.92 Å². The molecule has 0 unspecified atom stereocenters. The number of hydrogen-bond donors (Lipinski definition) is 1. The second kappa shape index (κ2) is 6.70. The summed E-state index contributed by atoms with van der Waals surface area (Å²) in [6.45, 7) is 0.668. The highest BCUT2D eigenvalue weighted by molar-refractivity contribution is 5.72. The highest BCUT2D eigenvalue weighted by atomic mass is 16.5. The number of aliphatic hydroxyl groups is 1. The Hall–Kier alpha value is -1.90. The molecule has 0 radical (unpaired) electrons. The van der Waals surface area contributed by atoms with Crippen molar-refractivity contribution in [1.82, 2.24) is 4.90 Å². The number of benzene rings is 1. The molecule has 1 N–H and O–H groups in total. The van der Waals surface area contributed by atoms with Crippen molar-refractivity contribution < 1.29 is 14.6 Å². The lowest BCUT2D eigenvalue weighted by Gasteiger charge is -2.27. The standard InChI is InChI=1S/C16H20N2O3/c1-18(10-12-5-3-11(9-17)4-6-12)14-7-13(8-15(14)19)16(20)21-2/h3-6,13-15,19H,7-8,10H2,1-2H3/t13-,14-,15+/m0/s1. The molecule has 5 heteroatoms. The van der Waals surface area contributed by atoms with Crippen molar-refractivity contribution in [2.45, 2.75) is 31.5 Å². The molecule has 1 aliphatic rings. The smallest absolute Gasteiger partial charge is 0.308 e. The molecule has 1 fully saturated rings. The zero-order valence-corrected chi connectivity index (χ0v) is 12.3. The first-order valence-electron chi connectivity index (χ1n) is 7.00. The highest BCUT2D eigenvalue weighted by Gasteiger charge is 2.39. The Labute approximate surface area is 124 Å². The van der Waals surface area contributed by atoms with E-state index in [-0.39, 0.29) is 17.9 Å². The molecule has 1 aliphatic carbocycles. The number of nitrogens with zero attached hydrogens (tertiary/aromatic N) is 2. The van der Waals surface area contributed by atoms with E-state index < -0.39 is 6.10 Å². The van der Waals surface area contributed by atoms with E-state index in [9.17, 15) is 9.90 Å². The minimum atomic E-state index is -0.516. The summed E-state index contributed by atoms with van der Waals surface area (Å²) >= 11 is 0. The maximum Gasteiger partial charge on any atom is 0.308 e. The van der Waals surface area contributed by atoms with Gasteiger partial charge in [0.05, 0.1) is 30.8 Å². The predicted octanol–water partition coefficient (Wildman–Crippen LogP) is 1.30. The number of aliphatic hydroxyl groups excluding tert-OH is 1. The van der Waals surface area contributed by atoms with Crippen molar-refractivity contribution in [3.8, 4) is 6.07 Å². The van der Waals surface area contributed by atoms with Gasteiger partial charge in [-0.15, -0.1) is 0 Å².